The van der Waals surface area contributed by atoms with Gasteiger partial charge in [-0.25, -0.2) is 0 Å². The summed E-state index contributed by atoms with van der Waals surface area (Å²) >= 11 is 6.00. The Balaban J connectivity index is 0.00000220. The number of hydrogen-bond acceptors (Lipinski definition) is 2. The second-order valence-electron chi connectivity index (χ2n) is 5.61. The fourth-order valence-electron chi connectivity index (χ4n) is 2.91. The molecular formula is C16H24Cl2N2O. The highest BCUT2D eigenvalue weighted by Gasteiger charge is 2.28. The van der Waals surface area contributed by atoms with Crippen LogP contribution < -0.4 is 5.73 Å². The molecule has 0 radical (unpaired) electrons. The third-order valence-electron chi connectivity index (χ3n) is 4.02. The van der Waals surface area contributed by atoms with E-state index >= 15 is 0 Å². The van der Waals surface area contributed by atoms with Gasteiger partial charge in [0.25, 0.3) is 0 Å². The van der Waals surface area contributed by atoms with Crippen LogP contribution in [0.4, 0.5) is 0 Å². The first-order chi connectivity index (χ1) is 9.60. The van der Waals surface area contributed by atoms with Crippen molar-refractivity contribution in [2.45, 2.75) is 45.2 Å². The summed E-state index contributed by atoms with van der Waals surface area (Å²) in [6.07, 6.45) is 3.90. The Bertz CT molecular complexity index is 467. The molecule has 2 atom stereocenters. The highest BCUT2D eigenvalue weighted by molar-refractivity contribution is 6.30. The minimum Gasteiger partial charge on any atom is -0.338 e. The monoisotopic (exact) mass is 330 g/mol. The van der Waals surface area contributed by atoms with E-state index < -0.39 is 0 Å². The number of carbonyl (C=O) groups is 1. The molecule has 0 spiro atoms. The van der Waals surface area contributed by atoms with E-state index in [9.17, 15) is 4.79 Å². The topological polar surface area (TPSA) is 46.3 Å². The minimum absolute atomic E-state index is 0. The molecule has 118 valence electrons. The van der Waals surface area contributed by atoms with Crippen molar-refractivity contribution < 1.29 is 4.79 Å². The van der Waals surface area contributed by atoms with Gasteiger partial charge in [-0.3, -0.25) is 4.79 Å². The molecule has 0 heterocycles. The van der Waals surface area contributed by atoms with Gasteiger partial charge in [0.15, 0.2) is 0 Å². The van der Waals surface area contributed by atoms with Gasteiger partial charge in [-0.2, -0.15) is 0 Å². The maximum Gasteiger partial charge on any atom is 0.226 e. The molecule has 2 unspecified atom stereocenters. The Labute approximate surface area is 138 Å². The number of amides is 1. The molecule has 0 aromatic heterocycles. The van der Waals surface area contributed by atoms with Crippen molar-refractivity contribution in [3.63, 3.8) is 0 Å². The molecule has 1 aromatic carbocycles. The largest absolute Gasteiger partial charge is 0.338 e. The van der Waals surface area contributed by atoms with Gasteiger partial charge in [-0.05, 0) is 43.9 Å². The number of nitrogens with zero attached hydrogens (tertiary/aromatic N) is 1. The van der Waals surface area contributed by atoms with Gasteiger partial charge < -0.3 is 10.6 Å². The molecule has 2 rings (SSSR count). The van der Waals surface area contributed by atoms with Crippen molar-refractivity contribution in [3.05, 3.63) is 34.9 Å². The summed E-state index contributed by atoms with van der Waals surface area (Å²) in [4.78, 5) is 14.5. The summed E-state index contributed by atoms with van der Waals surface area (Å²) in [5, 5.41) is 0.714. The SMILES string of the molecule is CCN(Cc1cccc(Cl)c1)C(=O)C1CCCC(N)C1.Cl. The first-order valence-corrected chi connectivity index (χ1v) is 7.76. The number of nitrogens with two attached hydrogens (primary N) is 1. The highest BCUT2D eigenvalue weighted by atomic mass is 35.5. The quantitative estimate of drug-likeness (QED) is 0.916. The second kappa shape index (κ2) is 8.62. The maximum absolute atomic E-state index is 12.6. The van der Waals surface area contributed by atoms with E-state index in [4.69, 9.17) is 17.3 Å². The minimum atomic E-state index is 0. The second-order valence-corrected chi connectivity index (χ2v) is 6.04. The average Bonchev–Trinajstić information content (AvgIpc) is 2.44. The van der Waals surface area contributed by atoms with Crippen molar-refractivity contribution >= 4 is 29.9 Å². The van der Waals surface area contributed by atoms with Crippen LogP contribution in [0.25, 0.3) is 0 Å². The Morgan fingerprint density at radius 3 is 2.81 bits per heavy atom. The number of carbonyl (C=O) groups excluding carboxylic acids is 1. The predicted molar refractivity (Wildman–Crippen MR) is 89.7 cm³/mol. The average molecular weight is 331 g/mol. The van der Waals surface area contributed by atoms with Crippen LogP contribution in [0, 0.1) is 5.92 Å². The third-order valence-corrected chi connectivity index (χ3v) is 4.25. The zero-order valence-electron chi connectivity index (χ0n) is 12.4. The first kappa shape index (κ1) is 18.3. The summed E-state index contributed by atoms with van der Waals surface area (Å²) < 4.78 is 0. The lowest BCUT2D eigenvalue weighted by Gasteiger charge is -2.31. The Morgan fingerprint density at radius 1 is 1.43 bits per heavy atom. The van der Waals surface area contributed by atoms with Crippen LogP contribution in [-0.2, 0) is 11.3 Å². The van der Waals surface area contributed by atoms with Crippen molar-refractivity contribution in [2.75, 3.05) is 6.54 Å². The van der Waals surface area contributed by atoms with Gasteiger partial charge in [-0.15, -0.1) is 12.4 Å². The molecule has 0 saturated heterocycles. The lowest BCUT2D eigenvalue weighted by atomic mass is 9.85. The fourth-order valence-corrected chi connectivity index (χ4v) is 3.12. The Morgan fingerprint density at radius 2 is 2.19 bits per heavy atom. The zero-order valence-corrected chi connectivity index (χ0v) is 14.0. The Hall–Kier alpha value is -0.770. The number of rotatable bonds is 4. The van der Waals surface area contributed by atoms with E-state index in [0.29, 0.717) is 11.6 Å². The standard InChI is InChI=1S/C16H23ClN2O.ClH/c1-2-19(11-12-5-3-7-14(17)9-12)16(20)13-6-4-8-15(18)10-13;/h3,5,7,9,13,15H,2,4,6,8,10-11,18H2,1H3;1H. The number of halogens is 2. The summed E-state index contributed by atoms with van der Waals surface area (Å²) in [6.45, 7) is 3.36. The molecule has 3 nitrogen and oxygen atoms in total. The molecule has 2 N–H and O–H groups in total. The molecule has 0 bridgehead atoms. The molecule has 0 aliphatic heterocycles. The van der Waals surface area contributed by atoms with Crippen LogP contribution in [0.1, 0.15) is 38.2 Å². The van der Waals surface area contributed by atoms with Crippen molar-refractivity contribution in [1.29, 1.82) is 0 Å². The number of hydrogen-bond donors (Lipinski definition) is 1. The van der Waals surface area contributed by atoms with E-state index in [1.54, 1.807) is 0 Å². The summed E-state index contributed by atoms with van der Waals surface area (Å²) in [6, 6.07) is 7.89. The van der Waals surface area contributed by atoms with Crippen LogP contribution in [0.5, 0.6) is 0 Å². The number of benzene rings is 1. The molecule has 5 heteroatoms. The highest BCUT2D eigenvalue weighted by Crippen LogP contribution is 2.25. The van der Waals surface area contributed by atoms with Crippen molar-refractivity contribution in [3.8, 4) is 0 Å². The van der Waals surface area contributed by atoms with Crippen LogP contribution in [0.15, 0.2) is 24.3 Å². The molecule has 1 fully saturated rings. The van der Waals surface area contributed by atoms with Crippen LogP contribution >= 0.6 is 24.0 Å². The predicted octanol–water partition coefficient (Wildman–Crippen LogP) is 3.63. The third kappa shape index (κ3) is 5.17. The smallest absolute Gasteiger partial charge is 0.226 e. The van der Waals surface area contributed by atoms with E-state index in [-0.39, 0.29) is 30.3 Å². The molecule has 1 aliphatic rings. The normalized spacial score (nSPS) is 21.5. The van der Waals surface area contributed by atoms with E-state index in [2.05, 4.69) is 0 Å². The lowest BCUT2D eigenvalue weighted by Crippen LogP contribution is -2.40. The van der Waals surface area contributed by atoms with Crippen LogP contribution in [0.3, 0.4) is 0 Å². The van der Waals surface area contributed by atoms with Crippen LogP contribution in [-0.4, -0.2) is 23.4 Å². The molecule has 1 saturated carbocycles. The van der Waals surface area contributed by atoms with E-state index in [1.165, 1.54) is 0 Å². The van der Waals surface area contributed by atoms with E-state index in [1.807, 2.05) is 36.1 Å². The maximum atomic E-state index is 12.6. The summed E-state index contributed by atoms with van der Waals surface area (Å²) in [5.41, 5.74) is 7.07. The van der Waals surface area contributed by atoms with Crippen molar-refractivity contribution in [1.82, 2.24) is 4.90 Å². The van der Waals surface area contributed by atoms with Gasteiger partial charge >= 0.3 is 0 Å². The molecule has 1 aliphatic carbocycles. The zero-order chi connectivity index (χ0) is 14.5. The van der Waals surface area contributed by atoms with Gasteiger partial charge in [0.05, 0.1) is 0 Å². The van der Waals surface area contributed by atoms with Crippen LogP contribution in [0.2, 0.25) is 5.02 Å². The van der Waals surface area contributed by atoms with Gasteiger partial charge in [0, 0.05) is 30.1 Å². The van der Waals surface area contributed by atoms with Crippen molar-refractivity contribution in [2.24, 2.45) is 11.7 Å². The summed E-state index contributed by atoms with van der Waals surface area (Å²) in [7, 11) is 0. The van der Waals surface area contributed by atoms with Gasteiger partial charge in [-0.1, -0.05) is 30.2 Å². The van der Waals surface area contributed by atoms with Gasteiger partial charge in [0.2, 0.25) is 5.91 Å². The lowest BCUT2D eigenvalue weighted by molar-refractivity contribution is -0.137. The Kier molecular flexibility index (Phi) is 7.50. The van der Waals surface area contributed by atoms with E-state index in [0.717, 1.165) is 37.8 Å². The molecular weight excluding hydrogens is 307 g/mol. The molecule has 1 amide bonds. The molecule has 1 aromatic rings. The molecule has 21 heavy (non-hydrogen) atoms. The first-order valence-electron chi connectivity index (χ1n) is 7.39. The summed E-state index contributed by atoms with van der Waals surface area (Å²) in [5.74, 6) is 0.334. The fraction of sp³-hybridized carbons (Fsp3) is 0.562. The van der Waals surface area contributed by atoms with Gasteiger partial charge in [0.1, 0.15) is 0 Å².